The molecule has 0 aromatic heterocycles. The third-order valence-electron chi connectivity index (χ3n) is 2.21. The number of urea groups is 1. The zero-order valence-electron chi connectivity index (χ0n) is 10.3. The van der Waals surface area contributed by atoms with E-state index in [-0.39, 0.29) is 31.3 Å². The van der Waals surface area contributed by atoms with Gasteiger partial charge >= 0.3 is 6.03 Å². The summed E-state index contributed by atoms with van der Waals surface area (Å²) >= 11 is 23.8. The van der Waals surface area contributed by atoms with E-state index in [1.54, 1.807) is 6.07 Å². The zero-order chi connectivity index (χ0) is 15.3. The van der Waals surface area contributed by atoms with E-state index in [0.29, 0.717) is 6.54 Å². The minimum atomic E-state index is -0.462. The third-order valence-corrected chi connectivity index (χ3v) is 3.92. The Labute approximate surface area is 136 Å². The van der Waals surface area contributed by atoms with Gasteiger partial charge in [-0.05, 0) is 6.42 Å². The van der Waals surface area contributed by atoms with Crippen LogP contribution in [0.1, 0.15) is 18.9 Å². The number of hydrogen-bond donors (Lipinski definition) is 3. The highest BCUT2D eigenvalue weighted by molar-refractivity contribution is 6.51. The van der Waals surface area contributed by atoms with Crippen LogP contribution in [-0.2, 0) is 0 Å². The molecule has 2 amide bonds. The number of rotatable bonds is 4. The molecular formula is C11H10Cl4N4O. The summed E-state index contributed by atoms with van der Waals surface area (Å²) < 4.78 is 0. The lowest BCUT2D eigenvalue weighted by Gasteiger charge is -2.15. The number of nitrogens with zero attached hydrogens (tertiary/aromatic N) is 1. The molecule has 108 valence electrons. The second-order valence-corrected chi connectivity index (χ2v) is 5.14. The van der Waals surface area contributed by atoms with Crippen LogP contribution in [0.3, 0.4) is 0 Å². The summed E-state index contributed by atoms with van der Waals surface area (Å²) in [5, 5.41) is 11.4. The topological polar surface area (TPSA) is 77.0 Å². The summed E-state index contributed by atoms with van der Waals surface area (Å²) in [4.78, 5) is 11.4. The second kappa shape index (κ2) is 7.65. The van der Waals surface area contributed by atoms with Crippen LogP contribution < -0.4 is 16.2 Å². The van der Waals surface area contributed by atoms with Gasteiger partial charge in [-0.25, -0.2) is 4.79 Å². The zero-order valence-corrected chi connectivity index (χ0v) is 13.3. The van der Waals surface area contributed by atoms with Crippen molar-refractivity contribution in [3.63, 3.8) is 0 Å². The van der Waals surface area contributed by atoms with Gasteiger partial charge in [0.05, 0.1) is 31.3 Å². The molecule has 1 aromatic rings. The fraction of sp³-hybridized carbons (Fsp3) is 0.273. The van der Waals surface area contributed by atoms with Gasteiger partial charge in [0.1, 0.15) is 6.07 Å². The Balaban J connectivity index is 2.97. The number of nitriles is 1. The van der Waals surface area contributed by atoms with Gasteiger partial charge < -0.3 is 5.32 Å². The molecule has 0 saturated carbocycles. The Morgan fingerprint density at radius 1 is 1.15 bits per heavy atom. The lowest BCUT2D eigenvalue weighted by atomic mass is 10.2. The first-order chi connectivity index (χ1) is 9.43. The molecule has 0 bridgehead atoms. The van der Waals surface area contributed by atoms with Gasteiger partial charge in [0.15, 0.2) is 0 Å². The van der Waals surface area contributed by atoms with Crippen molar-refractivity contribution >= 4 is 58.1 Å². The summed E-state index contributed by atoms with van der Waals surface area (Å²) in [5.74, 6) is 0. The van der Waals surface area contributed by atoms with E-state index in [9.17, 15) is 4.79 Å². The van der Waals surface area contributed by atoms with Crippen molar-refractivity contribution in [3.8, 4) is 6.07 Å². The van der Waals surface area contributed by atoms with Crippen LogP contribution in [0.15, 0.2) is 0 Å². The van der Waals surface area contributed by atoms with Gasteiger partial charge in [0, 0.05) is 6.54 Å². The number of halogens is 4. The van der Waals surface area contributed by atoms with Gasteiger partial charge in [0.25, 0.3) is 0 Å². The Morgan fingerprint density at radius 2 is 1.70 bits per heavy atom. The van der Waals surface area contributed by atoms with Crippen molar-refractivity contribution in [3.05, 3.63) is 25.7 Å². The number of carbonyl (C=O) groups excluding carboxylic acids is 1. The molecule has 3 N–H and O–H groups in total. The first-order valence-electron chi connectivity index (χ1n) is 5.49. The molecule has 20 heavy (non-hydrogen) atoms. The highest BCUT2D eigenvalue weighted by atomic mass is 35.5. The first-order valence-corrected chi connectivity index (χ1v) is 7.01. The molecule has 0 aliphatic heterocycles. The molecule has 0 unspecified atom stereocenters. The number of benzene rings is 1. The van der Waals surface area contributed by atoms with Crippen LogP contribution in [0.4, 0.5) is 10.5 Å². The molecule has 9 heteroatoms. The molecule has 5 nitrogen and oxygen atoms in total. The SMILES string of the molecule is CCCNC(=O)NNc1c(Cl)c(Cl)c(C#N)c(Cl)c1Cl. The van der Waals surface area contributed by atoms with Crippen LogP contribution in [0.5, 0.6) is 0 Å². The predicted octanol–water partition coefficient (Wildman–Crippen LogP) is 4.21. The van der Waals surface area contributed by atoms with Gasteiger partial charge in [-0.15, -0.1) is 0 Å². The molecule has 1 aromatic carbocycles. The van der Waals surface area contributed by atoms with Crippen LogP contribution in [0, 0.1) is 11.3 Å². The number of anilines is 1. The smallest absolute Gasteiger partial charge is 0.333 e. The van der Waals surface area contributed by atoms with E-state index >= 15 is 0 Å². The van der Waals surface area contributed by atoms with Gasteiger partial charge in [-0.1, -0.05) is 53.3 Å². The normalized spacial score (nSPS) is 9.80. The molecule has 0 aliphatic rings. The van der Waals surface area contributed by atoms with E-state index in [1.807, 2.05) is 6.92 Å². The standard InChI is InChI=1S/C11H10Cl4N4O/c1-2-3-17-11(20)19-18-10-8(14)6(12)5(4-16)7(13)9(10)15/h18H,2-3H2,1H3,(H2,17,19,20). The number of nitrogens with one attached hydrogen (secondary N) is 3. The summed E-state index contributed by atoms with van der Waals surface area (Å²) in [5.41, 5.74) is 4.95. The number of carbonyl (C=O) groups is 1. The van der Waals surface area contributed by atoms with E-state index < -0.39 is 6.03 Å². The van der Waals surface area contributed by atoms with Crippen molar-refractivity contribution in [2.24, 2.45) is 0 Å². The fourth-order valence-electron chi connectivity index (χ4n) is 1.24. The molecule has 0 spiro atoms. The maximum Gasteiger partial charge on any atom is 0.333 e. The number of hydrogen-bond acceptors (Lipinski definition) is 3. The van der Waals surface area contributed by atoms with Crippen molar-refractivity contribution in [1.29, 1.82) is 5.26 Å². The lowest BCUT2D eigenvalue weighted by Crippen LogP contribution is -2.39. The quantitative estimate of drug-likeness (QED) is 0.559. The van der Waals surface area contributed by atoms with E-state index in [1.165, 1.54) is 0 Å². The molecular weight excluding hydrogens is 346 g/mol. The Bertz CT molecular complexity index is 542. The van der Waals surface area contributed by atoms with E-state index in [0.717, 1.165) is 6.42 Å². The van der Waals surface area contributed by atoms with E-state index in [2.05, 4.69) is 16.2 Å². The number of amides is 2. The molecule has 0 heterocycles. The van der Waals surface area contributed by atoms with Crippen molar-refractivity contribution in [2.75, 3.05) is 12.0 Å². The summed E-state index contributed by atoms with van der Waals surface area (Å²) in [6.45, 7) is 2.44. The average Bonchev–Trinajstić information content (AvgIpc) is 2.43. The van der Waals surface area contributed by atoms with Crippen LogP contribution >= 0.6 is 46.4 Å². The molecule has 0 radical (unpaired) electrons. The van der Waals surface area contributed by atoms with Gasteiger partial charge in [-0.3, -0.25) is 10.9 Å². The maximum absolute atomic E-state index is 11.4. The Morgan fingerprint density at radius 3 is 2.15 bits per heavy atom. The fourth-order valence-corrected chi connectivity index (χ4v) is 2.27. The minimum absolute atomic E-state index is 0.00610. The Hall–Kier alpha value is -1.06. The largest absolute Gasteiger partial charge is 0.337 e. The van der Waals surface area contributed by atoms with Gasteiger partial charge in [0.2, 0.25) is 0 Å². The van der Waals surface area contributed by atoms with Crippen molar-refractivity contribution < 1.29 is 4.79 Å². The van der Waals surface area contributed by atoms with E-state index in [4.69, 9.17) is 51.7 Å². The monoisotopic (exact) mass is 354 g/mol. The highest BCUT2D eigenvalue weighted by Crippen LogP contribution is 2.43. The maximum atomic E-state index is 11.4. The molecule has 0 fully saturated rings. The predicted molar refractivity (Wildman–Crippen MR) is 81.6 cm³/mol. The first kappa shape index (κ1) is 17.0. The molecule has 0 aliphatic carbocycles. The second-order valence-electron chi connectivity index (χ2n) is 3.62. The van der Waals surface area contributed by atoms with Crippen LogP contribution in [0.25, 0.3) is 0 Å². The van der Waals surface area contributed by atoms with Crippen molar-refractivity contribution in [1.82, 2.24) is 10.7 Å². The van der Waals surface area contributed by atoms with Crippen molar-refractivity contribution in [2.45, 2.75) is 13.3 Å². The van der Waals surface area contributed by atoms with Crippen LogP contribution in [0.2, 0.25) is 20.1 Å². The summed E-state index contributed by atoms with van der Waals surface area (Å²) in [6.07, 6.45) is 0.795. The van der Waals surface area contributed by atoms with Gasteiger partial charge in [-0.2, -0.15) is 5.26 Å². The summed E-state index contributed by atoms with van der Waals surface area (Å²) in [7, 11) is 0. The Kier molecular flexibility index (Phi) is 6.50. The molecule has 0 saturated heterocycles. The third kappa shape index (κ3) is 3.74. The minimum Gasteiger partial charge on any atom is -0.337 e. The van der Waals surface area contributed by atoms with Crippen LogP contribution in [-0.4, -0.2) is 12.6 Å². The average molecular weight is 356 g/mol. The number of hydrazine groups is 1. The highest BCUT2D eigenvalue weighted by Gasteiger charge is 2.20. The molecule has 0 atom stereocenters. The molecule has 1 rings (SSSR count). The summed E-state index contributed by atoms with van der Waals surface area (Å²) in [6, 6.07) is 1.34. The lowest BCUT2D eigenvalue weighted by molar-refractivity contribution is 0.243.